The third kappa shape index (κ3) is 6.40. The number of benzene rings is 1. The van der Waals surface area contributed by atoms with Crippen LogP contribution < -0.4 is 5.32 Å². The van der Waals surface area contributed by atoms with Gasteiger partial charge in [0.25, 0.3) is 0 Å². The third-order valence-corrected chi connectivity index (χ3v) is 4.62. The molecule has 1 N–H and O–H groups in total. The summed E-state index contributed by atoms with van der Waals surface area (Å²) < 4.78 is 5.11. The number of hydrogen-bond donors (Lipinski definition) is 1. The van der Waals surface area contributed by atoms with Crippen molar-refractivity contribution in [3.63, 3.8) is 0 Å². The molecule has 0 aliphatic carbocycles. The molecular formula is C18H27ClN2O2. The molecule has 1 aromatic rings. The topological polar surface area (TPSA) is 41.6 Å². The molecule has 128 valence electrons. The van der Waals surface area contributed by atoms with Crippen LogP contribution in [0.3, 0.4) is 0 Å². The van der Waals surface area contributed by atoms with Gasteiger partial charge in [-0.1, -0.05) is 23.7 Å². The molecule has 1 aliphatic rings. The molecule has 1 atom stereocenters. The van der Waals surface area contributed by atoms with E-state index < -0.39 is 0 Å². The molecule has 1 heterocycles. The first kappa shape index (κ1) is 18.1. The number of urea groups is 1. The smallest absolute Gasteiger partial charge is 0.317 e. The number of hydrogen-bond acceptors (Lipinski definition) is 2. The molecule has 0 radical (unpaired) electrons. The van der Waals surface area contributed by atoms with Crippen molar-refractivity contribution in [2.45, 2.75) is 32.1 Å². The molecule has 0 saturated carbocycles. The Bertz CT molecular complexity index is 478. The number of rotatable bonds is 7. The molecule has 2 rings (SSSR count). The highest BCUT2D eigenvalue weighted by Gasteiger charge is 2.22. The van der Waals surface area contributed by atoms with Crippen LogP contribution in [0.2, 0.25) is 5.02 Å². The van der Waals surface area contributed by atoms with Crippen LogP contribution in [0.1, 0.15) is 31.2 Å². The second kappa shape index (κ2) is 9.78. The van der Waals surface area contributed by atoms with Crippen LogP contribution in [0.15, 0.2) is 24.3 Å². The summed E-state index contributed by atoms with van der Waals surface area (Å²) in [7, 11) is 1.74. The van der Waals surface area contributed by atoms with Crippen LogP contribution in [-0.4, -0.2) is 44.3 Å². The van der Waals surface area contributed by atoms with E-state index >= 15 is 0 Å². The molecule has 2 amide bonds. The summed E-state index contributed by atoms with van der Waals surface area (Å²) in [4.78, 5) is 14.2. The second-order valence-corrected chi connectivity index (χ2v) is 6.63. The predicted octanol–water partition coefficient (Wildman–Crippen LogP) is 3.73. The van der Waals surface area contributed by atoms with Crippen molar-refractivity contribution in [1.82, 2.24) is 10.2 Å². The van der Waals surface area contributed by atoms with Crippen molar-refractivity contribution in [3.8, 4) is 0 Å². The Labute approximate surface area is 144 Å². The Morgan fingerprint density at radius 1 is 1.39 bits per heavy atom. The third-order valence-electron chi connectivity index (χ3n) is 4.37. The average molecular weight is 339 g/mol. The Morgan fingerprint density at radius 3 is 2.91 bits per heavy atom. The maximum absolute atomic E-state index is 12.3. The minimum Gasteiger partial charge on any atom is -0.385 e. The van der Waals surface area contributed by atoms with Gasteiger partial charge in [0, 0.05) is 38.4 Å². The van der Waals surface area contributed by atoms with Gasteiger partial charge in [0.2, 0.25) is 0 Å². The molecule has 1 fully saturated rings. The van der Waals surface area contributed by atoms with Gasteiger partial charge in [-0.3, -0.25) is 0 Å². The first-order valence-electron chi connectivity index (χ1n) is 8.45. The predicted molar refractivity (Wildman–Crippen MR) is 94.0 cm³/mol. The molecule has 5 heteroatoms. The lowest BCUT2D eigenvalue weighted by molar-refractivity contribution is 0.149. The van der Waals surface area contributed by atoms with Crippen molar-refractivity contribution in [2.75, 3.05) is 33.4 Å². The summed E-state index contributed by atoms with van der Waals surface area (Å²) in [5, 5.41) is 3.77. The van der Waals surface area contributed by atoms with Crippen LogP contribution in [0.25, 0.3) is 0 Å². The first-order chi connectivity index (χ1) is 11.2. The zero-order valence-electron chi connectivity index (χ0n) is 13.9. The zero-order chi connectivity index (χ0) is 16.5. The van der Waals surface area contributed by atoms with Crippen LogP contribution in [0, 0.1) is 5.92 Å². The minimum absolute atomic E-state index is 0.0652. The standard InChI is InChI=1S/C18H27ClN2O2/c1-23-13-3-5-16-4-2-12-21(14-16)18(22)20-11-10-15-6-8-17(19)9-7-15/h6-9,16H,2-5,10-14H2,1H3,(H,20,22)/t16-/m1/s1. The van der Waals surface area contributed by atoms with Gasteiger partial charge < -0.3 is 15.0 Å². The molecular weight excluding hydrogens is 312 g/mol. The Morgan fingerprint density at radius 2 is 2.17 bits per heavy atom. The van der Waals surface area contributed by atoms with E-state index in [1.54, 1.807) is 7.11 Å². The highest BCUT2D eigenvalue weighted by Crippen LogP contribution is 2.21. The second-order valence-electron chi connectivity index (χ2n) is 6.20. The van der Waals surface area contributed by atoms with Gasteiger partial charge in [-0.15, -0.1) is 0 Å². The Kier molecular flexibility index (Phi) is 7.69. The summed E-state index contributed by atoms with van der Waals surface area (Å²) >= 11 is 5.87. The summed E-state index contributed by atoms with van der Waals surface area (Å²) in [5.41, 5.74) is 1.19. The fraction of sp³-hybridized carbons (Fsp3) is 0.611. The molecule has 1 saturated heterocycles. The quantitative estimate of drug-likeness (QED) is 0.770. The highest BCUT2D eigenvalue weighted by atomic mass is 35.5. The maximum atomic E-state index is 12.3. The number of methoxy groups -OCH3 is 1. The molecule has 1 aliphatic heterocycles. The lowest BCUT2D eigenvalue weighted by Gasteiger charge is -2.32. The van der Waals surface area contributed by atoms with Crippen LogP contribution in [-0.2, 0) is 11.2 Å². The van der Waals surface area contributed by atoms with Crippen molar-refractivity contribution in [2.24, 2.45) is 5.92 Å². The minimum atomic E-state index is 0.0652. The number of halogens is 1. The van der Waals surface area contributed by atoms with Crippen molar-refractivity contribution in [3.05, 3.63) is 34.9 Å². The molecule has 0 bridgehead atoms. The number of carbonyl (C=O) groups excluding carboxylic acids is 1. The van der Waals surface area contributed by atoms with E-state index in [0.29, 0.717) is 12.5 Å². The molecule has 0 unspecified atom stereocenters. The van der Waals surface area contributed by atoms with Crippen LogP contribution >= 0.6 is 11.6 Å². The van der Waals surface area contributed by atoms with Crippen LogP contribution in [0.4, 0.5) is 4.79 Å². The highest BCUT2D eigenvalue weighted by molar-refractivity contribution is 6.30. The van der Waals surface area contributed by atoms with Gasteiger partial charge in [0.1, 0.15) is 0 Å². The number of nitrogens with one attached hydrogen (secondary N) is 1. The van der Waals surface area contributed by atoms with Gasteiger partial charge in [-0.2, -0.15) is 0 Å². The van der Waals surface area contributed by atoms with Crippen molar-refractivity contribution in [1.29, 1.82) is 0 Å². The van der Waals surface area contributed by atoms with Gasteiger partial charge in [-0.05, 0) is 55.7 Å². The molecule has 1 aromatic carbocycles. The number of amides is 2. The zero-order valence-corrected chi connectivity index (χ0v) is 14.6. The van der Waals surface area contributed by atoms with E-state index in [-0.39, 0.29) is 6.03 Å². The molecule has 0 aromatic heterocycles. The van der Waals surface area contributed by atoms with E-state index in [0.717, 1.165) is 50.4 Å². The van der Waals surface area contributed by atoms with E-state index in [1.165, 1.54) is 12.0 Å². The Balaban J connectivity index is 1.69. The summed E-state index contributed by atoms with van der Waals surface area (Å²) in [6.45, 7) is 3.21. The van der Waals surface area contributed by atoms with Crippen LogP contribution in [0.5, 0.6) is 0 Å². The average Bonchev–Trinajstić information content (AvgIpc) is 2.57. The lowest BCUT2D eigenvalue weighted by atomic mass is 9.94. The maximum Gasteiger partial charge on any atom is 0.317 e. The SMILES string of the molecule is COCCC[C@H]1CCCN(C(=O)NCCc2ccc(Cl)cc2)C1. The summed E-state index contributed by atoms with van der Waals surface area (Å²) in [5.74, 6) is 0.612. The van der Waals surface area contributed by atoms with E-state index in [9.17, 15) is 4.79 Å². The van der Waals surface area contributed by atoms with Gasteiger partial charge in [0.05, 0.1) is 0 Å². The Hall–Kier alpha value is -1.26. The lowest BCUT2D eigenvalue weighted by Crippen LogP contribution is -2.46. The number of likely N-dealkylation sites (tertiary alicyclic amines) is 1. The fourth-order valence-electron chi connectivity index (χ4n) is 3.08. The van der Waals surface area contributed by atoms with Gasteiger partial charge in [0.15, 0.2) is 0 Å². The van der Waals surface area contributed by atoms with E-state index in [2.05, 4.69) is 5.32 Å². The molecule has 0 spiro atoms. The summed E-state index contributed by atoms with van der Waals surface area (Å²) in [6, 6.07) is 7.83. The van der Waals surface area contributed by atoms with Gasteiger partial charge >= 0.3 is 6.03 Å². The number of carbonyl (C=O) groups is 1. The van der Waals surface area contributed by atoms with Crippen molar-refractivity contribution >= 4 is 17.6 Å². The summed E-state index contributed by atoms with van der Waals surface area (Å²) in [6.07, 6.45) is 5.37. The van der Waals surface area contributed by atoms with E-state index in [1.807, 2.05) is 29.2 Å². The first-order valence-corrected chi connectivity index (χ1v) is 8.83. The van der Waals surface area contributed by atoms with Gasteiger partial charge in [-0.25, -0.2) is 4.79 Å². The monoisotopic (exact) mass is 338 g/mol. The van der Waals surface area contributed by atoms with E-state index in [4.69, 9.17) is 16.3 Å². The number of piperidine rings is 1. The number of ether oxygens (including phenoxy) is 1. The normalized spacial score (nSPS) is 18.0. The van der Waals surface area contributed by atoms with Crippen molar-refractivity contribution < 1.29 is 9.53 Å². The number of nitrogens with zero attached hydrogens (tertiary/aromatic N) is 1. The molecule has 4 nitrogen and oxygen atoms in total. The molecule has 23 heavy (non-hydrogen) atoms. The largest absolute Gasteiger partial charge is 0.385 e. The fourth-order valence-corrected chi connectivity index (χ4v) is 3.20.